The van der Waals surface area contributed by atoms with Crippen molar-refractivity contribution in [2.45, 2.75) is 37.7 Å². The normalized spacial score (nSPS) is 15.2. The topological polar surface area (TPSA) is 99.1 Å². The number of hydrogen-bond acceptors (Lipinski definition) is 6. The molecule has 4 rings (SSSR count). The van der Waals surface area contributed by atoms with Crippen LogP contribution in [0.1, 0.15) is 37.9 Å². The summed E-state index contributed by atoms with van der Waals surface area (Å²) in [4.78, 5) is 13.2. The fraction of sp³-hybridized carbons (Fsp3) is 0.381. The lowest BCUT2D eigenvalue weighted by Crippen LogP contribution is -2.29. The molecule has 0 atom stereocenters. The minimum atomic E-state index is -0.996. The SMILES string of the molecule is COc1ccc(-c2nc3c(N)nc(C#CC4(O)CCCCC4)nc3n2C)cc1F.Cl. The van der Waals surface area contributed by atoms with E-state index in [1.54, 1.807) is 23.7 Å². The van der Waals surface area contributed by atoms with Gasteiger partial charge in [0.25, 0.3) is 0 Å². The first-order valence-corrected chi connectivity index (χ1v) is 9.49. The second-order valence-electron chi connectivity index (χ2n) is 7.29. The predicted molar refractivity (Wildman–Crippen MR) is 115 cm³/mol. The summed E-state index contributed by atoms with van der Waals surface area (Å²) in [5, 5.41) is 10.6. The van der Waals surface area contributed by atoms with Crippen molar-refractivity contribution in [1.29, 1.82) is 0 Å². The highest BCUT2D eigenvalue weighted by Gasteiger charge is 2.26. The van der Waals surface area contributed by atoms with Crippen molar-refractivity contribution >= 4 is 29.4 Å². The molecule has 1 saturated carbocycles. The average Bonchev–Trinajstić information content (AvgIpc) is 3.04. The molecule has 1 fully saturated rings. The molecule has 3 aromatic rings. The van der Waals surface area contributed by atoms with Crippen LogP contribution >= 0.6 is 12.4 Å². The van der Waals surface area contributed by atoms with E-state index in [1.165, 1.54) is 13.2 Å². The highest BCUT2D eigenvalue weighted by molar-refractivity contribution is 5.86. The van der Waals surface area contributed by atoms with Gasteiger partial charge in [0.2, 0.25) is 5.82 Å². The molecule has 0 aliphatic heterocycles. The van der Waals surface area contributed by atoms with E-state index in [-0.39, 0.29) is 29.8 Å². The van der Waals surface area contributed by atoms with E-state index in [2.05, 4.69) is 26.8 Å². The number of hydrogen-bond donors (Lipinski definition) is 2. The molecule has 30 heavy (non-hydrogen) atoms. The van der Waals surface area contributed by atoms with Crippen LogP contribution in [0.4, 0.5) is 10.2 Å². The largest absolute Gasteiger partial charge is 0.494 e. The third-order valence-corrected chi connectivity index (χ3v) is 5.24. The number of aryl methyl sites for hydroxylation is 1. The number of halogens is 2. The minimum absolute atomic E-state index is 0. The first kappa shape index (κ1) is 21.8. The van der Waals surface area contributed by atoms with Crippen molar-refractivity contribution in [2.24, 2.45) is 7.05 Å². The molecule has 0 unspecified atom stereocenters. The van der Waals surface area contributed by atoms with Crippen molar-refractivity contribution in [3.05, 3.63) is 29.8 Å². The number of anilines is 1. The summed E-state index contributed by atoms with van der Waals surface area (Å²) in [6, 6.07) is 4.61. The van der Waals surface area contributed by atoms with E-state index in [0.717, 1.165) is 19.3 Å². The Labute approximate surface area is 179 Å². The zero-order valence-electron chi connectivity index (χ0n) is 16.8. The number of imidazole rings is 1. The predicted octanol–water partition coefficient (Wildman–Crippen LogP) is 3.23. The second kappa shape index (κ2) is 8.46. The number of ether oxygens (including phenoxy) is 1. The zero-order chi connectivity index (χ0) is 20.6. The zero-order valence-corrected chi connectivity index (χ0v) is 17.6. The molecule has 1 aromatic carbocycles. The van der Waals surface area contributed by atoms with Gasteiger partial charge in [-0.3, -0.25) is 0 Å². The van der Waals surface area contributed by atoms with Gasteiger partial charge in [-0.2, -0.15) is 0 Å². The quantitative estimate of drug-likeness (QED) is 0.604. The van der Waals surface area contributed by atoms with Crippen LogP contribution in [0.5, 0.6) is 5.75 Å². The number of methoxy groups -OCH3 is 1. The molecule has 2 aromatic heterocycles. The summed E-state index contributed by atoms with van der Waals surface area (Å²) in [6.45, 7) is 0. The first-order valence-electron chi connectivity index (χ1n) is 9.49. The number of aromatic nitrogens is 4. The third kappa shape index (κ3) is 4.04. The number of nitrogens with zero attached hydrogens (tertiary/aromatic N) is 4. The van der Waals surface area contributed by atoms with E-state index >= 15 is 0 Å². The smallest absolute Gasteiger partial charge is 0.209 e. The van der Waals surface area contributed by atoms with Crippen LogP contribution in [0.25, 0.3) is 22.6 Å². The fourth-order valence-corrected chi connectivity index (χ4v) is 3.64. The number of benzene rings is 1. The minimum Gasteiger partial charge on any atom is -0.494 e. The molecule has 0 amide bonds. The standard InChI is InChI=1S/C21H22FN5O2.ClH/c1-27-19(13-6-7-15(29-2)14(22)12-13)26-17-18(23)24-16(25-20(17)27)8-11-21(28)9-4-3-5-10-21;/h6-7,12,28H,3-5,9-10H2,1-2H3,(H2,23,24,25);1H. The molecule has 1 aliphatic rings. The lowest BCUT2D eigenvalue weighted by atomic mass is 9.85. The molecule has 2 heterocycles. The van der Waals surface area contributed by atoms with Gasteiger partial charge in [-0.25, -0.2) is 19.3 Å². The summed E-state index contributed by atoms with van der Waals surface area (Å²) < 4.78 is 20.8. The van der Waals surface area contributed by atoms with E-state index in [9.17, 15) is 9.50 Å². The molecule has 158 valence electrons. The summed E-state index contributed by atoms with van der Waals surface area (Å²) in [7, 11) is 3.18. The van der Waals surface area contributed by atoms with Crippen LogP contribution in [0.2, 0.25) is 0 Å². The van der Waals surface area contributed by atoms with Gasteiger partial charge < -0.3 is 20.1 Å². The summed E-state index contributed by atoms with van der Waals surface area (Å²) in [6.07, 6.45) is 4.32. The van der Waals surface area contributed by atoms with Crippen molar-refractivity contribution in [2.75, 3.05) is 12.8 Å². The molecule has 0 bridgehead atoms. The van der Waals surface area contributed by atoms with Crippen molar-refractivity contribution in [3.8, 4) is 29.0 Å². The number of rotatable bonds is 2. The number of aliphatic hydroxyl groups is 1. The molecule has 3 N–H and O–H groups in total. The molecule has 0 saturated heterocycles. The number of nitrogens with two attached hydrogens (primary N) is 1. The van der Waals surface area contributed by atoms with Crippen LogP contribution in [0, 0.1) is 17.7 Å². The molecule has 1 aliphatic carbocycles. The van der Waals surface area contributed by atoms with Crippen LogP contribution in [-0.4, -0.2) is 37.3 Å². The van der Waals surface area contributed by atoms with E-state index in [4.69, 9.17) is 10.5 Å². The van der Waals surface area contributed by atoms with Gasteiger partial charge in [-0.15, -0.1) is 12.4 Å². The highest BCUT2D eigenvalue weighted by atomic mass is 35.5. The Kier molecular flexibility index (Phi) is 6.15. The average molecular weight is 432 g/mol. The maximum Gasteiger partial charge on any atom is 0.209 e. The molecule has 0 spiro atoms. The number of fused-ring (bicyclic) bond motifs is 1. The maximum absolute atomic E-state index is 14.1. The highest BCUT2D eigenvalue weighted by Crippen LogP contribution is 2.29. The van der Waals surface area contributed by atoms with Gasteiger partial charge >= 0.3 is 0 Å². The van der Waals surface area contributed by atoms with Crippen molar-refractivity contribution < 1.29 is 14.2 Å². The summed E-state index contributed by atoms with van der Waals surface area (Å²) >= 11 is 0. The Hall–Kier alpha value is -2.89. The van der Waals surface area contributed by atoms with Gasteiger partial charge in [0.15, 0.2) is 28.5 Å². The monoisotopic (exact) mass is 431 g/mol. The number of nitrogen functional groups attached to an aromatic ring is 1. The summed E-state index contributed by atoms with van der Waals surface area (Å²) in [5.41, 5.74) is 6.56. The Balaban J connectivity index is 0.00000256. The molecular weight excluding hydrogens is 409 g/mol. The fourth-order valence-electron chi connectivity index (χ4n) is 3.64. The summed E-state index contributed by atoms with van der Waals surface area (Å²) in [5.74, 6) is 6.37. The lowest BCUT2D eigenvalue weighted by Gasteiger charge is -2.26. The van der Waals surface area contributed by atoms with E-state index in [1.807, 2.05) is 0 Å². The Morgan fingerprint density at radius 1 is 1.20 bits per heavy atom. The van der Waals surface area contributed by atoms with Gasteiger partial charge in [0, 0.05) is 12.6 Å². The lowest BCUT2D eigenvalue weighted by molar-refractivity contribution is 0.0610. The second-order valence-corrected chi connectivity index (χ2v) is 7.29. The molecule has 9 heteroatoms. The van der Waals surface area contributed by atoms with Crippen molar-refractivity contribution in [1.82, 2.24) is 19.5 Å². The first-order chi connectivity index (χ1) is 13.9. The van der Waals surface area contributed by atoms with Crippen LogP contribution in [-0.2, 0) is 7.05 Å². The molecule has 0 radical (unpaired) electrons. The molecule has 7 nitrogen and oxygen atoms in total. The third-order valence-electron chi connectivity index (χ3n) is 5.24. The van der Waals surface area contributed by atoms with Gasteiger partial charge in [0.1, 0.15) is 11.4 Å². The van der Waals surface area contributed by atoms with Gasteiger partial charge in [-0.1, -0.05) is 12.3 Å². The Morgan fingerprint density at radius 3 is 2.60 bits per heavy atom. The van der Waals surface area contributed by atoms with Crippen LogP contribution in [0.15, 0.2) is 18.2 Å². The van der Waals surface area contributed by atoms with Gasteiger partial charge in [-0.05, 0) is 49.8 Å². The molecular formula is C21H23ClFN5O2. The van der Waals surface area contributed by atoms with Crippen LogP contribution < -0.4 is 10.5 Å². The maximum atomic E-state index is 14.1. The van der Waals surface area contributed by atoms with Gasteiger partial charge in [0.05, 0.1) is 7.11 Å². The van der Waals surface area contributed by atoms with Crippen LogP contribution in [0.3, 0.4) is 0 Å². The van der Waals surface area contributed by atoms with E-state index in [0.29, 0.717) is 35.4 Å². The Morgan fingerprint density at radius 2 is 1.93 bits per heavy atom. The van der Waals surface area contributed by atoms with E-state index < -0.39 is 11.4 Å². The Bertz CT molecular complexity index is 1150. The van der Waals surface area contributed by atoms with Crippen molar-refractivity contribution in [3.63, 3.8) is 0 Å².